The molecule has 1 fully saturated rings. The van der Waals surface area contributed by atoms with Gasteiger partial charge in [0.1, 0.15) is 11.2 Å². The summed E-state index contributed by atoms with van der Waals surface area (Å²) in [6.07, 6.45) is -1.87. The third-order valence-electron chi connectivity index (χ3n) is 5.97. The minimum absolute atomic E-state index is 0.322. The van der Waals surface area contributed by atoms with E-state index in [1.807, 2.05) is 24.3 Å². The predicted molar refractivity (Wildman–Crippen MR) is 107 cm³/mol. The molecule has 1 aromatic rings. The van der Waals surface area contributed by atoms with Crippen LogP contribution in [0.4, 0.5) is 13.6 Å². The first-order valence-electron chi connectivity index (χ1n) is 10.1. The quantitative estimate of drug-likeness (QED) is 0.722. The van der Waals surface area contributed by atoms with Gasteiger partial charge in [-0.15, -0.1) is 0 Å². The lowest BCUT2D eigenvalue weighted by Gasteiger charge is -2.35. The first-order valence-corrected chi connectivity index (χ1v) is 10.1. The maximum Gasteiger partial charge on any atom is 0.463 e. The van der Waals surface area contributed by atoms with Crippen LogP contribution < -0.4 is 5.32 Å². The minimum Gasteiger partial charge on any atom is -0.444 e. The van der Waals surface area contributed by atoms with Crippen LogP contribution in [-0.2, 0) is 20.5 Å². The van der Waals surface area contributed by atoms with E-state index in [2.05, 4.69) is 5.32 Å². The number of rotatable bonds is 3. The average Bonchev–Trinajstić information content (AvgIpc) is 2.84. The molecule has 1 N–H and O–H groups in total. The third kappa shape index (κ3) is 4.28. The lowest BCUT2D eigenvalue weighted by Crippen LogP contribution is -2.50. The topological polar surface area (TPSA) is 56.8 Å². The number of benzene rings is 1. The van der Waals surface area contributed by atoms with E-state index in [0.29, 0.717) is 6.42 Å². The minimum atomic E-state index is -2.70. The molecule has 0 radical (unpaired) electrons. The van der Waals surface area contributed by atoms with E-state index in [9.17, 15) is 13.6 Å². The zero-order valence-corrected chi connectivity index (χ0v) is 17.9. The first kappa shape index (κ1) is 22.0. The van der Waals surface area contributed by atoms with E-state index >= 15 is 0 Å². The van der Waals surface area contributed by atoms with Crippen molar-refractivity contribution in [1.82, 2.24) is 5.32 Å². The fourth-order valence-corrected chi connectivity index (χ4v) is 4.00. The molecule has 0 bridgehead atoms. The van der Waals surface area contributed by atoms with Crippen molar-refractivity contribution in [2.24, 2.45) is 0 Å². The highest BCUT2D eigenvalue weighted by molar-refractivity contribution is 6.47. The number of aryl methyl sites for hydroxylation is 1. The summed E-state index contributed by atoms with van der Waals surface area (Å²) in [5, 5.41) is 2.93. The zero-order chi connectivity index (χ0) is 21.6. The average molecular weight is 409 g/mol. The summed E-state index contributed by atoms with van der Waals surface area (Å²) in [5.74, 6) is -0.322. The molecule has 3 unspecified atom stereocenters. The molecule has 8 heteroatoms. The molecule has 3 rings (SSSR count). The number of alkyl halides is 2. The number of fused-ring (bicyclic) bond motifs is 1. The molecular formula is C21H30BF2NO4. The van der Waals surface area contributed by atoms with Crippen molar-refractivity contribution < 1.29 is 27.6 Å². The molecule has 1 heterocycles. The molecule has 160 valence electrons. The summed E-state index contributed by atoms with van der Waals surface area (Å²) >= 11 is 0. The highest BCUT2D eigenvalue weighted by atomic mass is 19.3. The Labute approximate surface area is 171 Å². The van der Waals surface area contributed by atoms with E-state index in [1.165, 1.54) is 6.92 Å². The lowest BCUT2D eigenvalue weighted by molar-refractivity contribution is -0.115. The van der Waals surface area contributed by atoms with Crippen LogP contribution in [0.15, 0.2) is 24.3 Å². The van der Waals surface area contributed by atoms with Gasteiger partial charge in [0.05, 0.1) is 11.6 Å². The molecule has 1 aliphatic heterocycles. The monoisotopic (exact) mass is 409 g/mol. The van der Waals surface area contributed by atoms with Gasteiger partial charge in [0.25, 0.3) is 6.43 Å². The van der Waals surface area contributed by atoms with Gasteiger partial charge in [0, 0.05) is 5.82 Å². The van der Waals surface area contributed by atoms with E-state index in [0.717, 1.165) is 17.5 Å². The molecular weight excluding hydrogens is 379 g/mol. The number of hydrogen-bond acceptors (Lipinski definition) is 4. The number of carbonyl (C=O) groups excluding carboxylic acids is 1. The molecule has 1 aromatic carbocycles. The van der Waals surface area contributed by atoms with Gasteiger partial charge in [0.15, 0.2) is 0 Å². The smallest absolute Gasteiger partial charge is 0.444 e. The molecule has 0 aromatic heterocycles. The third-order valence-corrected chi connectivity index (χ3v) is 5.97. The van der Waals surface area contributed by atoms with Gasteiger partial charge >= 0.3 is 13.2 Å². The molecule has 5 nitrogen and oxygen atoms in total. The van der Waals surface area contributed by atoms with Crippen molar-refractivity contribution in [2.75, 3.05) is 0 Å². The first-order chi connectivity index (χ1) is 13.3. The summed E-state index contributed by atoms with van der Waals surface area (Å²) in [7, 11) is -0.864. The maximum atomic E-state index is 13.8. The Kier molecular flexibility index (Phi) is 5.73. The van der Waals surface area contributed by atoms with Crippen molar-refractivity contribution in [3.8, 4) is 0 Å². The van der Waals surface area contributed by atoms with Crippen LogP contribution in [0.5, 0.6) is 0 Å². The van der Waals surface area contributed by atoms with Crippen LogP contribution in [0.1, 0.15) is 65.1 Å². The number of ether oxygens (including phenoxy) is 1. The molecule has 1 saturated heterocycles. The number of alkyl carbamates (subject to hydrolysis) is 1. The fraction of sp³-hybridized carbons (Fsp3) is 0.667. The Morgan fingerprint density at radius 3 is 2.48 bits per heavy atom. The van der Waals surface area contributed by atoms with Crippen LogP contribution in [0.2, 0.25) is 5.82 Å². The van der Waals surface area contributed by atoms with E-state index in [-0.39, 0.29) is 5.82 Å². The predicted octanol–water partition coefficient (Wildman–Crippen LogP) is 4.91. The Bertz CT molecular complexity index is 767. The van der Waals surface area contributed by atoms with Crippen molar-refractivity contribution in [2.45, 2.75) is 89.5 Å². The molecule has 0 spiro atoms. The standard InChI is InChI=1S/C21H30BF2NO4/c1-19(2,3)27-18(26)25-16-14-10-8-7-9-13(14)11-12-15(16)22-28-20(4,5)21(6,29-22)17(23)24/h7-10,15-17H,11-12H2,1-6H3,(H,25,26). The van der Waals surface area contributed by atoms with Crippen molar-refractivity contribution in [3.05, 3.63) is 35.4 Å². The largest absolute Gasteiger partial charge is 0.463 e. The number of nitrogens with one attached hydrogen (secondary N) is 1. The van der Waals surface area contributed by atoms with Gasteiger partial charge in [0.2, 0.25) is 0 Å². The van der Waals surface area contributed by atoms with Crippen LogP contribution in [0.25, 0.3) is 0 Å². The van der Waals surface area contributed by atoms with Crippen LogP contribution in [0.3, 0.4) is 0 Å². The Morgan fingerprint density at radius 2 is 1.90 bits per heavy atom. The van der Waals surface area contributed by atoms with Gasteiger partial charge < -0.3 is 19.4 Å². The lowest BCUT2D eigenvalue weighted by atomic mass is 9.60. The van der Waals surface area contributed by atoms with Crippen LogP contribution in [-0.4, -0.2) is 36.4 Å². The van der Waals surface area contributed by atoms with Gasteiger partial charge in [-0.3, -0.25) is 0 Å². The summed E-state index contributed by atoms with van der Waals surface area (Å²) in [4.78, 5) is 12.5. The van der Waals surface area contributed by atoms with E-state index in [4.69, 9.17) is 14.0 Å². The Morgan fingerprint density at radius 1 is 1.24 bits per heavy atom. The highest BCUT2D eigenvalue weighted by Crippen LogP contribution is 2.49. The second-order valence-electron chi connectivity index (χ2n) is 9.55. The van der Waals surface area contributed by atoms with E-state index in [1.54, 1.807) is 34.6 Å². The number of halogens is 2. The van der Waals surface area contributed by atoms with E-state index < -0.39 is 42.5 Å². The van der Waals surface area contributed by atoms with Gasteiger partial charge in [-0.1, -0.05) is 24.3 Å². The molecule has 3 atom stereocenters. The highest BCUT2D eigenvalue weighted by Gasteiger charge is 2.62. The van der Waals surface area contributed by atoms with Crippen molar-refractivity contribution >= 4 is 13.2 Å². The van der Waals surface area contributed by atoms with Crippen LogP contribution >= 0.6 is 0 Å². The number of carbonyl (C=O) groups is 1. The molecule has 1 amide bonds. The Balaban J connectivity index is 1.90. The Hall–Kier alpha value is -1.67. The second-order valence-corrected chi connectivity index (χ2v) is 9.55. The zero-order valence-electron chi connectivity index (χ0n) is 17.9. The summed E-state index contributed by atoms with van der Waals surface area (Å²) in [6.45, 7) is 9.99. The van der Waals surface area contributed by atoms with Crippen molar-refractivity contribution in [3.63, 3.8) is 0 Å². The van der Waals surface area contributed by atoms with Crippen molar-refractivity contribution in [1.29, 1.82) is 0 Å². The number of hydrogen-bond donors (Lipinski definition) is 1. The van der Waals surface area contributed by atoms with Gasteiger partial charge in [-0.05, 0) is 65.5 Å². The van der Waals surface area contributed by atoms with Gasteiger partial charge in [-0.2, -0.15) is 0 Å². The normalized spacial score (nSPS) is 28.9. The van der Waals surface area contributed by atoms with Crippen LogP contribution in [0, 0.1) is 0 Å². The number of amides is 1. The fourth-order valence-electron chi connectivity index (χ4n) is 4.00. The maximum absolute atomic E-state index is 13.8. The molecule has 2 aliphatic rings. The SMILES string of the molecule is CC(C)(C)OC(=O)NC1c2ccccc2CCC1B1OC(C)(C)C(C)(C(F)F)O1. The summed E-state index contributed by atoms with van der Waals surface area (Å²) in [5.41, 5.74) is -1.50. The molecule has 0 saturated carbocycles. The van der Waals surface area contributed by atoms with Gasteiger partial charge in [-0.25, -0.2) is 13.6 Å². The molecule has 29 heavy (non-hydrogen) atoms. The second kappa shape index (κ2) is 7.54. The summed E-state index contributed by atoms with van der Waals surface area (Å²) < 4.78 is 44.9. The molecule has 1 aliphatic carbocycles. The summed E-state index contributed by atoms with van der Waals surface area (Å²) in [6, 6.07) is 7.34.